The van der Waals surface area contributed by atoms with Crippen LogP contribution >= 0.6 is 11.6 Å². The van der Waals surface area contributed by atoms with Crippen LogP contribution in [0.2, 0.25) is 5.02 Å². The van der Waals surface area contributed by atoms with Gasteiger partial charge in [0, 0.05) is 19.1 Å². The lowest BCUT2D eigenvalue weighted by Gasteiger charge is -2.34. The van der Waals surface area contributed by atoms with Crippen LogP contribution in [-0.4, -0.2) is 37.0 Å². The summed E-state index contributed by atoms with van der Waals surface area (Å²) in [5, 5.41) is 2.90. The summed E-state index contributed by atoms with van der Waals surface area (Å²) in [5.41, 5.74) is -0.268. The van der Waals surface area contributed by atoms with Crippen molar-refractivity contribution in [2.24, 2.45) is 0 Å². The number of halogens is 3. The molecule has 0 bridgehead atoms. The summed E-state index contributed by atoms with van der Waals surface area (Å²) < 4.78 is 27.3. The highest BCUT2D eigenvalue weighted by Crippen LogP contribution is 2.25. The van der Waals surface area contributed by atoms with E-state index in [2.05, 4.69) is 5.32 Å². The number of nitrogens with one attached hydrogen (secondary N) is 1. The van der Waals surface area contributed by atoms with Gasteiger partial charge in [0.1, 0.15) is 11.6 Å². The highest BCUT2D eigenvalue weighted by Gasteiger charge is 2.28. The normalized spacial score (nSPS) is 22.1. The van der Waals surface area contributed by atoms with Gasteiger partial charge in [-0.1, -0.05) is 11.6 Å². The van der Waals surface area contributed by atoms with E-state index >= 15 is 0 Å². The van der Waals surface area contributed by atoms with E-state index < -0.39 is 17.5 Å². The first-order valence-electron chi connectivity index (χ1n) is 7.03. The fourth-order valence-electron chi connectivity index (χ4n) is 2.79. The van der Waals surface area contributed by atoms with Crippen LogP contribution < -0.4 is 5.32 Å². The van der Waals surface area contributed by atoms with Crippen LogP contribution in [0.15, 0.2) is 12.1 Å². The molecular formula is C15H19ClF2N2O. The fraction of sp³-hybridized carbons (Fsp3) is 0.533. The average molecular weight is 317 g/mol. The lowest BCUT2D eigenvalue weighted by molar-refractivity contribution is 0.0680. The number of hydrogen-bond donors (Lipinski definition) is 1. The molecule has 2 rings (SSSR count). The third-order valence-corrected chi connectivity index (χ3v) is 4.50. The molecule has 0 radical (unpaired) electrons. The molecule has 1 aromatic rings. The van der Waals surface area contributed by atoms with Gasteiger partial charge in [-0.3, -0.25) is 4.79 Å². The highest BCUT2D eigenvalue weighted by molar-refractivity contribution is 6.30. The SMILES string of the molecule is CNC1CCC(N(C)C(=O)c2cc(F)c(Cl)cc2F)CC1. The van der Waals surface area contributed by atoms with Crippen molar-refractivity contribution in [1.29, 1.82) is 0 Å². The minimum absolute atomic E-state index is 0.0558. The van der Waals surface area contributed by atoms with Crippen LogP contribution in [0.25, 0.3) is 0 Å². The van der Waals surface area contributed by atoms with Crippen molar-refractivity contribution in [1.82, 2.24) is 10.2 Å². The van der Waals surface area contributed by atoms with Crippen LogP contribution in [-0.2, 0) is 0 Å². The molecule has 0 spiro atoms. The Morgan fingerprint density at radius 2 is 1.86 bits per heavy atom. The Balaban J connectivity index is 2.11. The molecule has 3 nitrogen and oxygen atoms in total. The number of rotatable bonds is 3. The first kappa shape index (κ1) is 16.2. The lowest BCUT2D eigenvalue weighted by atomic mass is 9.90. The summed E-state index contributed by atoms with van der Waals surface area (Å²) in [5.74, 6) is -2.08. The van der Waals surface area contributed by atoms with Crippen molar-refractivity contribution < 1.29 is 13.6 Å². The minimum Gasteiger partial charge on any atom is -0.339 e. The molecule has 1 aliphatic carbocycles. The van der Waals surface area contributed by atoms with Crippen LogP contribution in [0.5, 0.6) is 0 Å². The second-order valence-corrected chi connectivity index (χ2v) is 5.86. The van der Waals surface area contributed by atoms with Crippen LogP contribution in [0.3, 0.4) is 0 Å². The Kier molecular flexibility index (Phi) is 5.17. The number of carbonyl (C=O) groups excluding carboxylic acids is 1. The van der Waals surface area contributed by atoms with E-state index in [1.54, 1.807) is 7.05 Å². The molecule has 6 heteroatoms. The molecule has 1 fully saturated rings. The zero-order chi connectivity index (χ0) is 15.6. The maximum Gasteiger partial charge on any atom is 0.256 e. The number of hydrogen-bond acceptors (Lipinski definition) is 2. The van der Waals surface area contributed by atoms with Gasteiger partial charge in [0.15, 0.2) is 0 Å². The lowest BCUT2D eigenvalue weighted by Crippen LogP contribution is -2.42. The van der Waals surface area contributed by atoms with Gasteiger partial charge in [-0.2, -0.15) is 0 Å². The minimum atomic E-state index is -0.790. The Labute approximate surface area is 128 Å². The van der Waals surface area contributed by atoms with Gasteiger partial charge in [-0.05, 0) is 44.9 Å². The van der Waals surface area contributed by atoms with Gasteiger partial charge in [-0.25, -0.2) is 8.78 Å². The van der Waals surface area contributed by atoms with Gasteiger partial charge < -0.3 is 10.2 Å². The molecule has 0 heterocycles. The van der Waals surface area contributed by atoms with Gasteiger partial charge >= 0.3 is 0 Å². The van der Waals surface area contributed by atoms with Crippen LogP contribution in [0, 0.1) is 11.6 Å². The van der Waals surface area contributed by atoms with Crippen LogP contribution in [0.4, 0.5) is 8.78 Å². The van der Waals surface area contributed by atoms with E-state index in [9.17, 15) is 13.6 Å². The molecule has 0 atom stereocenters. The van der Waals surface area contributed by atoms with Crippen molar-refractivity contribution in [2.75, 3.05) is 14.1 Å². The Morgan fingerprint density at radius 1 is 1.24 bits per heavy atom. The van der Waals surface area contributed by atoms with E-state index in [1.165, 1.54) is 4.90 Å². The monoisotopic (exact) mass is 316 g/mol. The molecule has 0 unspecified atom stereocenters. The number of amides is 1. The molecule has 21 heavy (non-hydrogen) atoms. The van der Waals surface area contributed by atoms with Crippen molar-refractivity contribution in [3.05, 3.63) is 34.4 Å². The van der Waals surface area contributed by atoms with E-state index in [1.807, 2.05) is 7.05 Å². The predicted molar refractivity (Wildman–Crippen MR) is 78.6 cm³/mol. The first-order chi connectivity index (χ1) is 9.93. The fourth-order valence-corrected chi connectivity index (χ4v) is 2.94. The Bertz CT molecular complexity index is 531. The summed E-state index contributed by atoms with van der Waals surface area (Å²) in [4.78, 5) is 13.9. The maximum atomic E-state index is 13.8. The molecule has 116 valence electrons. The van der Waals surface area contributed by atoms with Gasteiger partial charge in [0.25, 0.3) is 5.91 Å². The van der Waals surface area contributed by atoms with Crippen molar-refractivity contribution in [3.8, 4) is 0 Å². The van der Waals surface area contributed by atoms with Gasteiger partial charge in [0.2, 0.25) is 0 Å². The highest BCUT2D eigenvalue weighted by atomic mass is 35.5. The third kappa shape index (κ3) is 3.52. The van der Waals surface area contributed by atoms with E-state index in [-0.39, 0.29) is 16.6 Å². The molecule has 1 amide bonds. The zero-order valence-electron chi connectivity index (χ0n) is 12.1. The zero-order valence-corrected chi connectivity index (χ0v) is 12.9. The van der Waals surface area contributed by atoms with E-state index in [0.717, 1.165) is 37.8 Å². The molecule has 1 saturated carbocycles. The van der Waals surface area contributed by atoms with Gasteiger partial charge in [-0.15, -0.1) is 0 Å². The Hall–Kier alpha value is -1.20. The predicted octanol–water partition coefficient (Wildman–Crippen LogP) is 3.22. The average Bonchev–Trinajstić information content (AvgIpc) is 2.49. The molecule has 1 aliphatic rings. The molecular weight excluding hydrogens is 298 g/mol. The summed E-state index contributed by atoms with van der Waals surface area (Å²) in [6.45, 7) is 0. The number of benzene rings is 1. The summed E-state index contributed by atoms with van der Waals surface area (Å²) in [6, 6.07) is 2.24. The maximum absolute atomic E-state index is 13.8. The number of nitrogens with zero attached hydrogens (tertiary/aromatic N) is 1. The van der Waals surface area contributed by atoms with E-state index in [4.69, 9.17) is 11.6 Å². The first-order valence-corrected chi connectivity index (χ1v) is 7.40. The van der Waals surface area contributed by atoms with Crippen molar-refractivity contribution in [2.45, 2.75) is 37.8 Å². The standard InChI is InChI=1S/C15H19ClF2N2O/c1-19-9-3-5-10(6-4-9)20(2)15(21)11-7-14(18)12(16)8-13(11)17/h7-10,19H,3-6H2,1-2H3. The number of carbonyl (C=O) groups is 1. The smallest absolute Gasteiger partial charge is 0.256 e. The Morgan fingerprint density at radius 3 is 2.43 bits per heavy atom. The summed E-state index contributed by atoms with van der Waals surface area (Å²) in [7, 11) is 3.56. The molecule has 0 saturated heterocycles. The molecule has 1 aromatic carbocycles. The summed E-state index contributed by atoms with van der Waals surface area (Å²) >= 11 is 5.50. The second kappa shape index (κ2) is 6.71. The quantitative estimate of drug-likeness (QED) is 0.868. The largest absolute Gasteiger partial charge is 0.339 e. The molecule has 0 aromatic heterocycles. The van der Waals surface area contributed by atoms with Crippen molar-refractivity contribution >= 4 is 17.5 Å². The topological polar surface area (TPSA) is 32.3 Å². The van der Waals surface area contributed by atoms with Gasteiger partial charge in [0.05, 0.1) is 10.6 Å². The molecule has 1 N–H and O–H groups in total. The second-order valence-electron chi connectivity index (χ2n) is 5.46. The summed E-state index contributed by atoms with van der Waals surface area (Å²) in [6.07, 6.45) is 3.64. The van der Waals surface area contributed by atoms with Crippen molar-refractivity contribution in [3.63, 3.8) is 0 Å². The molecule has 0 aliphatic heterocycles. The van der Waals surface area contributed by atoms with Crippen LogP contribution in [0.1, 0.15) is 36.0 Å². The van der Waals surface area contributed by atoms with E-state index in [0.29, 0.717) is 6.04 Å². The third-order valence-electron chi connectivity index (χ3n) is 4.21.